The Morgan fingerprint density at radius 3 is 3.00 bits per heavy atom. The van der Waals surface area contributed by atoms with Gasteiger partial charge in [-0.05, 0) is 6.92 Å². The Bertz CT molecular complexity index is 396. The summed E-state index contributed by atoms with van der Waals surface area (Å²) < 4.78 is 5.42. The smallest absolute Gasteiger partial charge is 0.238 e. The molecule has 5 heteroatoms. The van der Waals surface area contributed by atoms with E-state index in [9.17, 15) is 0 Å². The Balaban J connectivity index is 2.43. The molecule has 3 nitrogen and oxygen atoms in total. The molecular weight excluding hydrogens is 208 g/mol. The maximum absolute atomic E-state index is 5.67. The fraction of sp³-hybridized carbons (Fsp3) is 0.250. The lowest BCUT2D eigenvalue weighted by Gasteiger charge is -1.83. The number of hydrogen-bond donors (Lipinski definition) is 0. The van der Waals surface area contributed by atoms with Gasteiger partial charge in [0.25, 0.3) is 0 Å². The van der Waals surface area contributed by atoms with E-state index in [4.69, 9.17) is 16.0 Å². The predicted octanol–water partition coefficient (Wildman–Crippen LogP) is 2.85. The summed E-state index contributed by atoms with van der Waals surface area (Å²) in [6, 6.07) is 0. The molecule has 0 spiro atoms. The highest BCUT2D eigenvalue weighted by molar-refractivity contribution is 7.13. The van der Waals surface area contributed by atoms with Crippen molar-refractivity contribution in [3.8, 4) is 10.8 Å². The molecule has 0 radical (unpaired) electrons. The number of nitrogens with zero attached hydrogens (tertiary/aromatic N) is 2. The number of oxazole rings is 1. The average Bonchev–Trinajstić information content (AvgIpc) is 2.71. The summed E-state index contributed by atoms with van der Waals surface area (Å²) in [5, 5.41) is 0. The molecule has 0 N–H and O–H groups in total. The molecule has 0 aliphatic carbocycles. The van der Waals surface area contributed by atoms with Crippen LogP contribution in [0.25, 0.3) is 10.8 Å². The van der Waals surface area contributed by atoms with Crippen molar-refractivity contribution in [2.24, 2.45) is 0 Å². The second-order valence-electron chi connectivity index (χ2n) is 2.52. The lowest BCUT2D eigenvalue weighted by atomic mass is 10.4. The van der Waals surface area contributed by atoms with Crippen molar-refractivity contribution in [3.05, 3.63) is 23.2 Å². The van der Waals surface area contributed by atoms with Crippen LogP contribution in [-0.2, 0) is 5.88 Å². The molecule has 0 saturated carbocycles. The van der Waals surface area contributed by atoms with Gasteiger partial charge >= 0.3 is 0 Å². The number of thiazole rings is 1. The van der Waals surface area contributed by atoms with E-state index in [2.05, 4.69) is 9.97 Å². The second-order valence-corrected chi connectivity index (χ2v) is 3.67. The van der Waals surface area contributed by atoms with Crippen LogP contribution in [-0.4, -0.2) is 9.97 Å². The quantitative estimate of drug-likeness (QED) is 0.722. The van der Waals surface area contributed by atoms with E-state index in [1.807, 2.05) is 6.92 Å². The van der Waals surface area contributed by atoms with Crippen LogP contribution in [0.4, 0.5) is 0 Å². The van der Waals surface area contributed by atoms with Crippen molar-refractivity contribution in [3.63, 3.8) is 0 Å². The van der Waals surface area contributed by atoms with E-state index in [0.29, 0.717) is 11.8 Å². The van der Waals surface area contributed by atoms with Crippen LogP contribution in [0, 0.1) is 6.92 Å². The van der Waals surface area contributed by atoms with Crippen LogP contribution in [0.3, 0.4) is 0 Å². The molecule has 0 atom stereocenters. The molecule has 0 aliphatic heterocycles. The summed E-state index contributed by atoms with van der Waals surface area (Å²) in [4.78, 5) is 9.12. The fourth-order valence-electron chi connectivity index (χ4n) is 0.979. The molecule has 0 aromatic carbocycles. The number of halogens is 1. The summed E-state index contributed by atoms with van der Waals surface area (Å²) in [7, 11) is 0. The number of alkyl halides is 1. The van der Waals surface area contributed by atoms with Gasteiger partial charge in [0.1, 0.15) is 10.6 Å². The minimum atomic E-state index is 0.383. The van der Waals surface area contributed by atoms with Gasteiger partial charge in [0.2, 0.25) is 5.89 Å². The first-order valence-corrected chi connectivity index (χ1v) is 5.14. The summed E-state index contributed by atoms with van der Waals surface area (Å²) >= 11 is 7.17. The zero-order chi connectivity index (χ0) is 9.26. The molecule has 0 unspecified atom stereocenters. The van der Waals surface area contributed by atoms with Crippen LogP contribution in [0.5, 0.6) is 0 Å². The van der Waals surface area contributed by atoms with Gasteiger partial charge < -0.3 is 4.42 Å². The molecule has 2 rings (SSSR count). The van der Waals surface area contributed by atoms with Crippen molar-refractivity contribution < 1.29 is 4.42 Å². The van der Waals surface area contributed by atoms with Gasteiger partial charge in [-0.25, -0.2) is 4.98 Å². The lowest BCUT2D eigenvalue weighted by Crippen LogP contribution is -1.79. The van der Waals surface area contributed by atoms with E-state index >= 15 is 0 Å². The molecule has 0 aliphatic rings. The van der Waals surface area contributed by atoms with Gasteiger partial charge in [-0.2, -0.15) is 0 Å². The van der Waals surface area contributed by atoms with Gasteiger partial charge in [-0.3, -0.25) is 4.98 Å². The molecule has 2 heterocycles. The third-order valence-electron chi connectivity index (χ3n) is 1.66. The van der Waals surface area contributed by atoms with E-state index in [-0.39, 0.29) is 0 Å². The third kappa shape index (κ3) is 1.59. The third-order valence-corrected chi connectivity index (χ3v) is 2.68. The molecule has 0 saturated heterocycles. The van der Waals surface area contributed by atoms with Crippen LogP contribution in [0.2, 0.25) is 0 Å². The van der Waals surface area contributed by atoms with Gasteiger partial charge in [-0.1, -0.05) is 0 Å². The Hall–Kier alpha value is -0.870. The normalized spacial score (nSPS) is 10.6. The van der Waals surface area contributed by atoms with Crippen molar-refractivity contribution in [2.75, 3.05) is 0 Å². The van der Waals surface area contributed by atoms with Gasteiger partial charge in [-0.15, -0.1) is 22.9 Å². The fourth-order valence-corrected chi connectivity index (χ4v) is 1.77. The highest BCUT2D eigenvalue weighted by atomic mass is 35.5. The number of aryl methyl sites for hydroxylation is 1. The van der Waals surface area contributed by atoms with E-state index in [1.54, 1.807) is 11.7 Å². The van der Waals surface area contributed by atoms with Crippen LogP contribution < -0.4 is 0 Å². The first kappa shape index (κ1) is 8.72. The Morgan fingerprint density at radius 1 is 1.62 bits per heavy atom. The highest BCUT2D eigenvalue weighted by Crippen LogP contribution is 2.25. The SMILES string of the molecule is Cc1oc(-c2cncs2)nc1CCl. The summed E-state index contributed by atoms with van der Waals surface area (Å²) in [6.07, 6.45) is 1.73. The molecule has 2 aromatic rings. The first-order valence-electron chi connectivity index (χ1n) is 3.72. The standard InChI is InChI=1S/C8H7ClN2OS/c1-5-6(2-9)11-8(12-5)7-3-10-4-13-7/h3-4H,2H2,1H3. The largest absolute Gasteiger partial charge is 0.440 e. The molecule has 13 heavy (non-hydrogen) atoms. The van der Waals surface area contributed by atoms with E-state index in [0.717, 1.165) is 16.3 Å². The van der Waals surface area contributed by atoms with E-state index < -0.39 is 0 Å². The molecule has 0 bridgehead atoms. The molecular formula is C8H7ClN2OS. The highest BCUT2D eigenvalue weighted by Gasteiger charge is 2.10. The summed E-state index contributed by atoms with van der Waals surface area (Å²) in [6.45, 7) is 1.86. The first-order chi connectivity index (χ1) is 6.31. The van der Waals surface area contributed by atoms with E-state index in [1.165, 1.54) is 11.3 Å². The number of rotatable bonds is 2. The van der Waals surface area contributed by atoms with Crippen molar-refractivity contribution in [2.45, 2.75) is 12.8 Å². The summed E-state index contributed by atoms with van der Waals surface area (Å²) in [5.74, 6) is 1.77. The molecule has 0 fully saturated rings. The average molecular weight is 215 g/mol. The molecule has 2 aromatic heterocycles. The molecule has 0 amide bonds. The van der Waals surface area contributed by atoms with Crippen LogP contribution >= 0.6 is 22.9 Å². The Morgan fingerprint density at radius 2 is 2.46 bits per heavy atom. The Kier molecular flexibility index (Phi) is 2.33. The van der Waals surface area contributed by atoms with Crippen molar-refractivity contribution in [1.82, 2.24) is 9.97 Å². The summed E-state index contributed by atoms with van der Waals surface area (Å²) in [5.41, 5.74) is 2.54. The zero-order valence-electron chi connectivity index (χ0n) is 6.95. The van der Waals surface area contributed by atoms with Crippen LogP contribution in [0.1, 0.15) is 11.5 Å². The Labute approximate surface area is 84.4 Å². The predicted molar refractivity (Wildman–Crippen MR) is 51.9 cm³/mol. The van der Waals surface area contributed by atoms with Crippen molar-refractivity contribution >= 4 is 22.9 Å². The maximum Gasteiger partial charge on any atom is 0.238 e. The number of aromatic nitrogens is 2. The minimum Gasteiger partial charge on any atom is -0.440 e. The zero-order valence-corrected chi connectivity index (χ0v) is 8.52. The lowest BCUT2D eigenvalue weighted by molar-refractivity contribution is 0.541. The topological polar surface area (TPSA) is 38.9 Å². The van der Waals surface area contributed by atoms with Crippen molar-refractivity contribution in [1.29, 1.82) is 0 Å². The number of hydrogen-bond acceptors (Lipinski definition) is 4. The van der Waals surface area contributed by atoms with Gasteiger partial charge in [0.05, 0.1) is 23.3 Å². The van der Waals surface area contributed by atoms with Gasteiger partial charge in [0.15, 0.2) is 0 Å². The van der Waals surface area contributed by atoms with Gasteiger partial charge in [0, 0.05) is 0 Å². The second kappa shape index (κ2) is 3.47. The molecule has 68 valence electrons. The van der Waals surface area contributed by atoms with Crippen LogP contribution in [0.15, 0.2) is 16.1 Å². The monoisotopic (exact) mass is 214 g/mol. The maximum atomic E-state index is 5.67. The minimum absolute atomic E-state index is 0.383.